The van der Waals surface area contributed by atoms with Crippen molar-refractivity contribution in [3.63, 3.8) is 0 Å². The van der Waals surface area contributed by atoms with Gasteiger partial charge in [-0.15, -0.1) is 0 Å². The molecule has 0 aromatic heterocycles. The third-order valence-electron chi connectivity index (χ3n) is 3.14. The number of fused-ring (bicyclic) bond motifs is 1. The number of hydrogen-bond donors (Lipinski definition) is 0. The predicted molar refractivity (Wildman–Crippen MR) is 67.7 cm³/mol. The molecule has 2 aliphatic carbocycles. The Morgan fingerprint density at radius 3 is 2.06 bits per heavy atom. The molecule has 1 heteroatoms. The fourth-order valence-electron chi connectivity index (χ4n) is 2.02. The van der Waals surface area contributed by atoms with Crippen LogP contribution in [0.4, 0.5) is 0 Å². The molecule has 16 heavy (non-hydrogen) atoms. The van der Waals surface area contributed by atoms with Gasteiger partial charge in [0.2, 0.25) is 0 Å². The van der Waals surface area contributed by atoms with Crippen molar-refractivity contribution >= 4 is 0 Å². The van der Waals surface area contributed by atoms with Crippen molar-refractivity contribution in [3.05, 3.63) is 47.0 Å². The quantitative estimate of drug-likeness (QED) is 0.644. The van der Waals surface area contributed by atoms with Crippen molar-refractivity contribution in [3.8, 4) is 11.1 Å². The van der Waals surface area contributed by atoms with Crippen LogP contribution in [0.1, 0.15) is 37.9 Å². The molecule has 0 amide bonds. The molecular weight excluding hydrogens is 203 g/mol. The molecule has 0 fully saturated rings. The average molecular weight is 222 g/mol. The Kier molecular flexibility index (Phi) is 4.61. The first kappa shape index (κ1) is 13.8. The van der Waals surface area contributed by atoms with Gasteiger partial charge in [0.15, 0.2) is 0 Å². The van der Waals surface area contributed by atoms with Crippen LogP contribution in [0.25, 0.3) is 11.1 Å². The van der Waals surface area contributed by atoms with Crippen molar-refractivity contribution in [2.24, 2.45) is 0 Å². The monoisotopic (exact) mass is 222 g/mol. The molecule has 2 rings (SSSR count). The molecule has 0 nitrogen and oxygen atoms in total. The molecule has 0 aromatic rings. The smallest absolute Gasteiger partial charge is 1.00 e. The molecular formula is C15H19Na. The zero-order valence-corrected chi connectivity index (χ0v) is 13.0. The summed E-state index contributed by atoms with van der Waals surface area (Å²) in [5.74, 6) is 0.592. The zero-order valence-electron chi connectivity index (χ0n) is 12.0. The SMILES string of the molecule is Cc1ccc(C(C)C)cc2c(C)ccc1-2.[H-].[Na+]. The van der Waals surface area contributed by atoms with Gasteiger partial charge in [0.05, 0.1) is 0 Å². The largest absolute Gasteiger partial charge is 1.00 e. The standard InChI is InChI=1S/C15H18.Na.H/c1-10(2)13-7-5-11(3)14-8-6-12(4)15(14)9-13;;/h5-10H,1-4H3;;/q;+1;-1. The van der Waals surface area contributed by atoms with Crippen LogP contribution in [0, 0.1) is 13.8 Å². The summed E-state index contributed by atoms with van der Waals surface area (Å²) >= 11 is 0. The molecule has 0 aliphatic heterocycles. The molecule has 0 N–H and O–H groups in total. The molecule has 0 unspecified atom stereocenters. The van der Waals surface area contributed by atoms with Crippen LogP contribution in [0.2, 0.25) is 0 Å². The Bertz CT molecular complexity index is 463. The second-order valence-electron chi connectivity index (χ2n) is 4.66. The maximum absolute atomic E-state index is 2.34. The topological polar surface area (TPSA) is 0 Å². The van der Waals surface area contributed by atoms with Gasteiger partial charge in [0, 0.05) is 0 Å². The molecule has 0 radical (unpaired) electrons. The first-order chi connectivity index (χ1) is 7.09. The molecule has 2 aliphatic rings. The van der Waals surface area contributed by atoms with Crippen molar-refractivity contribution < 1.29 is 31.0 Å². The van der Waals surface area contributed by atoms with Crippen molar-refractivity contribution in [1.29, 1.82) is 0 Å². The molecule has 0 saturated carbocycles. The van der Waals surface area contributed by atoms with E-state index in [1.54, 1.807) is 0 Å². The molecule has 0 aromatic carbocycles. The van der Waals surface area contributed by atoms with Gasteiger partial charge in [0.25, 0.3) is 0 Å². The first-order valence-electron chi connectivity index (χ1n) is 5.59. The van der Waals surface area contributed by atoms with Gasteiger partial charge < -0.3 is 1.43 Å². The second kappa shape index (κ2) is 5.35. The van der Waals surface area contributed by atoms with E-state index in [4.69, 9.17) is 0 Å². The maximum Gasteiger partial charge on any atom is 1.00 e. The van der Waals surface area contributed by atoms with Gasteiger partial charge in [0.1, 0.15) is 0 Å². The summed E-state index contributed by atoms with van der Waals surface area (Å²) in [5.41, 5.74) is 6.96. The number of hydrogen-bond acceptors (Lipinski definition) is 0. The Balaban J connectivity index is 0.00000128. The van der Waals surface area contributed by atoms with Crippen LogP contribution in [0.3, 0.4) is 0 Å². The van der Waals surface area contributed by atoms with Crippen molar-refractivity contribution in [2.75, 3.05) is 0 Å². The van der Waals surface area contributed by atoms with Crippen molar-refractivity contribution in [1.82, 2.24) is 0 Å². The van der Waals surface area contributed by atoms with E-state index >= 15 is 0 Å². The molecule has 0 spiro atoms. The van der Waals surface area contributed by atoms with Gasteiger partial charge in [-0.1, -0.05) is 44.2 Å². The Labute approximate surface area is 122 Å². The first-order valence-corrected chi connectivity index (χ1v) is 5.59. The normalized spacial score (nSPS) is 10.6. The fourth-order valence-corrected chi connectivity index (χ4v) is 2.02. The summed E-state index contributed by atoms with van der Waals surface area (Å²) in [6.45, 7) is 8.86. The Hall–Kier alpha value is -0.300. The second-order valence-corrected chi connectivity index (χ2v) is 4.66. The predicted octanol–water partition coefficient (Wildman–Crippen LogP) is 1.65. The molecule has 0 heterocycles. The third kappa shape index (κ3) is 2.51. The Morgan fingerprint density at radius 1 is 0.875 bits per heavy atom. The molecule has 80 valence electrons. The van der Waals surface area contributed by atoms with E-state index < -0.39 is 0 Å². The van der Waals surface area contributed by atoms with E-state index in [9.17, 15) is 0 Å². The molecule has 0 bridgehead atoms. The molecule has 0 saturated heterocycles. The zero-order chi connectivity index (χ0) is 11.0. The summed E-state index contributed by atoms with van der Waals surface area (Å²) < 4.78 is 0. The van der Waals surface area contributed by atoms with Crippen LogP contribution in [-0.2, 0) is 0 Å². The summed E-state index contributed by atoms with van der Waals surface area (Å²) in [6.07, 6.45) is 0. The minimum absolute atomic E-state index is 0. The third-order valence-corrected chi connectivity index (χ3v) is 3.14. The van der Waals surface area contributed by atoms with Crippen LogP contribution in [-0.4, -0.2) is 0 Å². The minimum atomic E-state index is 0. The van der Waals surface area contributed by atoms with Gasteiger partial charge in [-0.2, -0.15) is 0 Å². The van der Waals surface area contributed by atoms with Gasteiger partial charge in [-0.25, -0.2) is 0 Å². The number of rotatable bonds is 1. The van der Waals surface area contributed by atoms with Crippen LogP contribution in [0.5, 0.6) is 0 Å². The van der Waals surface area contributed by atoms with E-state index in [1.807, 2.05) is 0 Å². The summed E-state index contributed by atoms with van der Waals surface area (Å²) in [5, 5.41) is 0. The van der Waals surface area contributed by atoms with E-state index in [0.29, 0.717) is 5.92 Å². The average Bonchev–Trinajstić information content (AvgIpc) is 2.43. The van der Waals surface area contributed by atoms with Crippen LogP contribution < -0.4 is 29.6 Å². The maximum atomic E-state index is 2.34. The van der Waals surface area contributed by atoms with E-state index in [2.05, 4.69) is 58.0 Å². The summed E-state index contributed by atoms with van der Waals surface area (Å²) in [7, 11) is 0. The molecule has 0 atom stereocenters. The number of aryl methyl sites for hydroxylation is 2. The van der Waals surface area contributed by atoms with E-state index in [1.165, 1.54) is 27.8 Å². The Morgan fingerprint density at radius 2 is 1.44 bits per heavy atom. The van der Waals surface area contributed by atoms with Crippen LogP contribution >= 0.6 is 0 Å². The van der Waals surface area contributed by atoms with Gasteiger partial charge >= 0.3 is 29.6 Å². The van der Waals surface area contributed by atoms with Crippen LogP contribution in [0.15, 0.2) is 30.3 Å². The summed E-state index contributed by atoms with van der Waals surface area (Å²) in [6, 6.07) is 11.3. The van der Waals surface area contributed by atoms with Crippen molar-refractivity contribution in [2.45, 2.75) is 33.6 Å². The van der Waals surface area contributed by atoms with E-state index in [0.717, 1.165) is 0 Å². The minimum Gasteiger partial charge on any atom is -1.00 e. The summed E-state index contributed by atoms with van der Waals surface area (Å²) in [4.78, 5) is 0. The fraction of sp³-hybridized carbons (Fsp3) is 0.333. The van der Waals surface area contributed by atoms with Gasteiger partial charge in [-0.05, 0) is 47.6 Å². The van der Waals surface area contributed by atoms with Gasteiger partial charge in [-0.3, -0.25) is 0 Å². The van der Waals surface area contributed by atoms with E-state index in [-0.39, 0.29) is 31.0 Å².